The number of unbranched alkanes of at least 4 members (excludes halogenated alkanes) is 1. The van der Waals surface area contributed by atoms with Crippen molar-refractivity contribution in [3.8, 4) is 0 Å². The van der Waals surface area contributed by atoms with Gasteiger partial charge in [0, 0.05) is 13.6 Å². The molecule has 3 aromatic rings. The molecule has 1 aromatic carbocycles. The van der Waals surface area contributed by atoms with Crippen LogP contribution < -0.4 is 16.6 Å². The van der Waals surface area contributed by atoms with Crippen molar-refractivity contribution in [1.82, 2.24) is 14.5 Å². The first-order valence-corrected chi connectivity index (χ1v) is 8.07. The number of oxazole rings is 1. The third kappa shape index (κ3) is 3.52. The Kier molecular flexibility index (Phi) is 4.78. The van der Waals surface area contributed by atoms with Crippen molar-refractivity contribution >= 4 is 28.8 Å². The Morgan fingerprint density at radius 2 is 2.16 bits per heavy atom. The van der Waals surface area contributed by atoms with Gasteiger partial charge in [-0.1, -0.05) is 25.5 Å². The molecule has 2 aromatic heterocycles. The molecule has 130 valence electrons. The molecule has 0 radical (unpaired) electrons. The minimum atomic E-state index is -0.496. The summed E-state index contributed by atoms with van der Waals surface area (Å²) in [6.45, 7) is 2.69. The van der Waals surface area contributed by atoms with Crippen molar-refractivity contribution in [2.75, 3.05) is 11.9 Å². The van der Waals surface area contributed by atoms with Crippen LogP contribution in [-0.4, -0.2) is 27.3 Å². The van der Waals surface area contributed by atoms with E-state index in [0.717, 1.165) is 17.4 Å². The van der Waals surface area contributed by atoms with Crippen LogP contribution in [0.5, 0.6) is 0 Å². The van der Waals surface area contributed by atoms with Gasteiger partial charge in [0.15, 0.2) is 11.3 Å². The Morgan fingerprint density at radius 3 is 2.92 bits per heavy atom. The highest BCUT2D eigenvalue weighted by Gasteiger charge is 2.11. The van der Waals surface area contributed by atoms with Crippen LogP contribution in [0.15, 0.2) is 43.3 Å². The fourth-order valence-corrected chi connectivity index (χ4v) is 2.31. The first-order chi connectivity index (χ1) is 12.1. The van der Waals surface area contributed by atoms with Gasteiger partial charge in [0.2, 0.25) is 5.89 Å². The molecule has 8 heteroatoms. The highest BCUT2D eigenvalue weighted by atomic mass is 16.3. The van der Waals surface area contributed by atoms with E-state index in [4.69, 9.17) is 4.42 Å². The third-order valence-corrected chi connectivity index (χ3v) is 3.73. The number of aromatic amines is 1. The Bertz CT molecular complexity index is 996. The molecule has 0 aliphatic carbocycles. The van der Waals surface area contributed by atoms with Gasteiger partial charge in [-0.2, -0.15) is 0 Å². The predicted molar refractivity (Wildman–Crippen MR) is 97.0 cm³/mol. The first-order valence-electron chi connectivity index (χ1n) is 8.07. The van der Waals surface area contributed by atoms with E-state index in [1.165, 1.54) is 13.3 Å². The Morgan fingerprint density at radius 1 is 1.36 bits per heavy atom. The number of hydrogen-bond donors (Lipinski definition) is 2. The largest absolute Gasteiger partial charge is 0.435 e. The molecule has 0 bridgehead atoms. The monoisotopic (exact) mass is 341 g/mol. The van der Waals surface area contributed by atoms with Crippen LogP contribution in [0.25, 0.3) is 11.1 Å². The zero-order valence-electron chi connectivity index (χ0n) is 14.1. The van der Waals surface area contributed by atoms with Gasteiger partial charge in [-0.25, -0.2) is 14.8 Å². The van der Waals surface area contributed by atoms with Crippen molar-refractivity contribution in [1.29, 1.82) is 0 Å². The molecular weight excluding hydrogens is 322 g/mol. The van der Waals surface area contributed by atoms with E-state index >= 15 is 0 Å². The molecule has 25 heavy (non-hydrogen) atoms. The number of aromatic nitrogens is 3. The number of hydrogen-bond acceptors (Lipinski definition) is 6. The second kappa shape index (κ2) is 7.16. The standard InChI is InChI=1S/C17H19N5O3/c1-3-4-9-18-15-14(16(23)22(2)17(24)21-15)19-10-13-20-11-7-5-6-8-12(11)25-13/h5-8,10,18H,3-4,9H2,1-2H3,(H,21,24). The van der Waals surface area contributed by atoms with Crippen LogP contribution in [0.4, 0.5) is 11.5 Å². The van der Waals surface area contributed by atoms with Gasteiger partial charge >= 0.3 is 5.69 Å². The van der Waals surface area contributed by atoms with Gasteiger partial charge in [0.1, 0.15) is 11.3 Å². The summed E-state index contributed by atoms with van der Waals surface area (Å²) in [6.07, 6.45) is 3.27. The highest BCUT2D eigenvalue weighted by molar-refractivity contribution is 5.83. The molecule has 2 heterocycles. The molecule has 0 saturated heterocycles. The van der Waals surface area contributed by atoms with E-state index in [1.807, 2.05) is 18.2 Å². The summed E-state index contributed by atoms with van der Waals surface area (Å²) >= 11 is 0. The SMILES string of the molecule is CCCCNc1[nH]c(=O)n(C)c(=O)c1N=Cc1nc2ccccc2o1. The molecule has 0 saturated carbocycles. The summed E-state index contributed by atoms with van der Waals surface area (Å²) in [5.41, 5.74) is 0.472. The summed E-state index contributed by atoms with van der Waals surface area (Å²) in [7, 11) is 1.40. The Hall–Kier alpha value is -3.16. The number of nitrogens with zero attached hydrogens (tertiary/aromatic N) is 3. The van der Waals surface area contributed by atoms with Crippen molar-refractivity contribution in [3.05, 3.63) is 51.0 Å². The number of H-pyrrole nitrogens is 1. The third-order valence-electron chi connectivity index (χ3n) is 3.73. The second-order valence-corrected chi connectivity index (χ2v) is 5.58. The van der Waals surface area contributed by atoms with Crippen LogP contribution in [0.2, 0.25) is 0 Å². The van der Waals surface area contributed by atoms with E-state index in [1.54, 1.807) is 6.07 Å². The zero-order chi connectivity index (χ0) is 17.8. The maximum Gasteiger partial charge on any atom is 0.329 e. The first kappa shape index (κ1) is 16.7. The fourth-order valence-electron chi connectivity index (χ4n) is 2.31. The molecule has 0 aliphatic rings. The van der Waals surface area contributed by atoms with Gasteiger partial charge in [-0.15, -0.1) is 0 Å². The molecule has 8 nitrogen and oxygen atoms in total. The van der Waals surface area contributed by atoms with E-state index in [-0.39, 0.29) is 11.6 Å². The lowest BCUT2D eigenvalue weighted by atomic mass is 10.3. The summed E-state index contributed by atoms with van der Waals surface area (Å²) in [4.78, 5) is 35.3. The van der Waals surface area contributed by atoms with Crippen molar-refractivity contribution in [2.24, 2.45) is 12.0 Å². The van der Waals surface area contributed by atoms with Crippen molar-refractivity contribution < 1.29 is 4.42 Å². The summed E-state index contributed by atoms with van der Waals surface area (Å²) < 4.78 is 6.54. The summed E-state index contributed by atoms with van der Waals surface area (Å²) in [6, 6.07) is 7.34. The molecule has 0 atom stereocenters. The topological polar surface area (TPSA) is 105 Å². The highest BCUT2D eigenvalue weighted by Crippen LogP contribution is 2.17. The maximum absolute atomic E-state index is 12.4. The van der Waals surface area contributed by atoms with Gasteiger partial charge in [0.25, 0.3) is 5.56 Å². The molecular formula is C17H19N5O3. The van der Waals surface area contributed by atoms with Crippen LogP contribution in [0, 0.1) is 0 Å². The quantitative estimate of drug-likeness (QED) is 0.528. The molecule has 3 rings (SSSR count). The molecule has 2 N–H and O–H groups in total. The molecule has 0 fully saturated rings. The Balaban J connectivity index is 1.98. The summed E-state index contributed by atoms with van der Waals surface area (Å²) in [5.74, 6) is 0.586. The van der Waals surface area contributed by atoms with E-state index in [0.29, 0.717) is 23.5 Å². The molecule has 0 unspecified atom stereocenters. The lowest BCUT2D eigenvalue weighted by molar-refractivity contribution is 0.593. The molecule has 0 aliphatic heterocycles. The number of aliphatic imine (C=N–C) groups is 1. The average molecular weight is 341 g/mol. The zero-order valence-corrected chi connectivity index (χ0v) is 14.1. The minimum Gasteiger partial charge on any atom is -0.435 e. The van der Waals surface area contributed by atoms with E-state index in [9.17, 15) is 9.59 Å². The number of rotatable bonds is 6. The average Bonchev–Trinajstić information content (AvgIpc) is 3.02. The number of fused-ring (bicyclic) bond motifs is 1. The second-order valence-electron chi connectivity index (χ2n) is 5.58. The van der Waals surface area contributed by atoms with Crippen LogP contribution in [-0.2, 0) is 7.05 Å². The fraction of sp³-hybridized carbons (Fsp3) is 0.294. The normalized spacial score (nSPS) is 11.4. The van der Waals surface area contributed by atoms with Gasteiger partial charge in [-0.3, -0.25) is 14.3 Å². The predicted octanol–water partition coefficient (Wildman–Crippen LogP) is 2.18. The molecule has 0 amide bonds. The van der Waals surface area contributed by atoms with Gasteiger partial charge in [0.05, 0.1) is 6.21 Å². The number of para-hydroxylation sites is 2. The van der Waals surface area contributed by atoms with E-state index in [2.05, 4.69) is 27.2 Å². The molecule has 0 spiro atoms. The number of anilines is 1. The lowest BCUT2D eigenvalue weighted by Gasteiger charge is -2.08. The van der Waals surface area contributed by atoms with Crippen LogP contribution in [0.3, 0.4) is 0 Å². The van der Waals surface area contributed by atoms with Gasteiger partial charge in [-0.05, 0) is 18.6 Å². The lowest BCUT2D eigenvalue weighted by Crippen LogP contribution is -2.33. The van der Waals surface area contributed by atoms with Crippen molar-refractivity contribution in [3.63, 3.8) is 0 Å². The van der Waals surface area contributed by atoms with E-state index < -0.39 is 11.2 Å². The minimum absolute atomic E-state index is 0.112. The summed E-state index contributed by atoms with van der Waals surface area (Å²) in [5, 5.41) is 3.05. The Labute approximate surface area is 143 Å². The van der Waals surface area contributed by atoms with Crippen LogP contribution in [0.1, 0.15) is 25.7 Å². The maximum atomic E-state index is 12.4. The van der Waals surface area contributed by atoms with Gasteiger partial charge < -0.3 is 9.73 Å². The smallest absolute Gasteiger partial charge is 0.329 e. The van der Waals surface area contributed by atoms with Crippen molar-refractivity contribution in [2.45, 2.75) is 19.8 Å². The van der Waals surface area contributed by atoms with Crippen LogP contribution >= 0.6 is 0 Å². The number of nitrogens with one attached hydrogen (secondary N) is 2. The number of benzene rings is 1.